The Morgan fingerprint density at radius 1 is 1.22 bits per heavy atom. The van der Waals surface area contributed by atoms with E-state index in [-0.39, 0.29) is 5.75 Å². The monoisotopic (exact) mass is 270 g/mol. The van der Waals surface area contributed by atoms with Crippen LogP contribution in [0.15, 0.2) is 24.3 Å². The van der Waals surface area contributed by atoms with Crippen molar-refractivity contribution in [3.8, 4) is 0 Å². The van der Waals surface area contributed by atoms with Crippen molar-refractivity contribution in [3.63, 3.8) is 0 Å². The highest BCUT2D eigenvalue weighted by Gasteiger charge is 2.05. The van der Waals surface area contributed by atoms with Crippen LogP contribution in [0.25, 0.3) is 0 Å². The van der Waals surface area contributed by atoms with E-state index >= 15 is 0 Å². The first-order valence-electron chi connectivity index (χ1n) is 6.08. The molecule has 0 atom stereocenters. The molecule has 102 valence electrons. The molecule has 2 N–H and O–H groups in total. The van der Waals surface area contributed by atoms with Gasteiger partial charge in [-0.15, -0.1) is 0 Å². The van der Waals surface area contributed by atoms with E-state index in [1.807, 2.05) is 36.2 Å². The summed E-state index contributed by atoms with van der Waals surface area (Å²) in [5.41, 5.74) is 7.85. The predicted octanol–water partition coefficient (Wildman–Crippen LogP) is 1.18. The normalized spacial score (nSPS) is 11.9. The second-order valence-electron chi connectivity index (χ2n) is 4.74. The molecule has 0 bridgehead atoms. The molecule has 0 aliphatic carbocycles. The number of nitrogen functional groups attached to an aromatic ring is 1. The van der Waals surface area contributed by atoms with Crippen molar-refractivity contribution in [1.29, 1.82) is 0 Å². The second-order valence-corrected chi connectivity index (χ2v) is 7.00. The van der Waals surface area contributed by atoms with Crippen LogP contribution in [0, 0.1) is 0 Å². The van der Waals surface area contributed by atoms with Crippen LogP contribution < -0.4 is 5.73 Å². The molecule has 0 saturated heterocycles. The Hall–Kier alpha value is -1.07. The second kappa shape index (κ2) is 6.75. The van der Waals surface area contributed by atoms with E-state index in [0.717, 1.165) is 30.6 Å². The van der Waals surface area contributed by atoms with Crippen LogP contribution in [-0.4, -0.2) is 45.5 Å². The fraction of sp³-hybridized carbons (Fsp3) is 0.538. The molecule has 1 aromatic carbocycles. The SMILES string of the molecule is CN(CCCc1ccccc1N)CCS(C)(=O)=O. The number of anilines is 1. The summed E-state index contributed by atoms with van der Waals surface area (Å²) in [4.78, 5) is 2.04. The largest absolute Gasteiger partial charge is 0.399 e. The van der Waals surface area contributed by atoms with E-state index in [1.54, 1.807) is 0 Å². The predicted molar refractivity (Wildman–Crippen MR) is 76.4 cm³/mol. The third-order valence-corrected chi connectivity index (χ3v) is 3.81. The Morgan fingerprint density at radius 3 is 2.50 bits per heavy atom. The zero-order valence-corrected chi connectivity index (χ0v) is 11.9. The summed E-state index contributed by atoms with van der Waals surface area (Å²) in [5, 5.41) is 0. The van der Waals surface area contributed by atoms with Gasteiger partial charge in [0, 0.05) is 18.5 Å². The van der Waals surface area contributed by atoms with Gasteiger partial charge in [-0.3, -0.25) is 0 Å². The van der Waals surface area contributed by atoms with E-state index < -0.39 is 9.84 Å². The highest BCUT2D eigenvalue weighted by atomic mass is 32.2. The lowest BCUT2D eigenvalue weighted by atomic mass is 10.1. The standard InChI is InChI=1S/C13H22N2O2S/c1-15(10-11-18(2,16)17)9-5-7-12-6-3-4-8-13(12)14/h3-4,6,8H,5,7,9-11,14H2,1-2H3. The van der Waals surface area contributed by atoms with Crippen molar-refractivity contribution in [3.05, 3.63) is 29.8 Å². The Morgan fingerprint density at radius 2 is 1.89 bits per heavy atom. The lowest BCUT2D eigenvalue weighted by Gasteiger charge is -2.16. The summed E-state index contributed by atoms with van der Waals surface area (Å²) in [6.07, 6.45) is 3.18. The van der Waals surface area contributed by atoms with Gasteiger partial charge in [-0.05, 0) is 38.1 Å². The summed E-state index contributed by atoms with van der Waals surface area (Å²) in [5.74, 6) is 0.219. The number of hydrogen-bond donors (Lipinski definition) is 1. The third kappa shape index (κ3) is 6.02. The first kappa shape index (κ1) is 15.0. The minimum absolute atomic E-state index is 0.219. The minimum atomic E-state index is -2.86. The van der Waals surface area contributed by atoms with Crippen LogP contribution in [0.4, 0.5) is 5.69 Å². The van der Waals surface area contributed by atoms with Gasteiger partial charge in [0.2, 0.25) is 0 Å². The van der Waals surface area contributed by atoms with Crippen LogP contribution in [0.3, 0.4) is 0 Å². The number of para-hydroxylation sites is 1. The Labute approximate surface area is 110 Å². The molecule has 1 aromatic rings. The molecule has 4 nitrogen and oxygen atoms in total. The van der Waals surface area contributed by atoms with Crippen LogP contribution in [0.2, 0.25) is 0 Å². The molecule has 0 aromatic heterocycles. The van der Waals surface area contributed by atoms with Crippen molar-refractivity contribution in [2.45, 2.75) is 12.8 Å². The van der Waals surface area contributed by atoms with Crippen LogP contribution in [0.5, 0.6) is 0 Å². The summed E-state index contributed by atoms with van der Waals surface area (Å²) in [7, 11) is -0.921. The fourth-order valence-electron chi connectivity index (χ4n) is 1.73. The van der Waals surface area contributed by atoms with Crippen molar-refractivity contribution >= 4 is 15.5 Å². The van der Waals surface area contributed by atoms with Crippen molar-refractivity contribution < 1.29 is 8.42 Å². The van der Waals surface area contributed by atoms with Gasteiger partial charge in [-0.2, -0.15) is 0 Å². The maximum atomic E-state index is 11.0. The Bertz CT molecular complexity index is 472. The van der Waals surface area contributed by atoms with Crippen molar-refractivity contribution in [1.82, 2.24) is 4.90 Å². The summed E-state index contributed by atoms with van der Waals surface area (Å²) < 4.78 is 22.1. The highest BCUT2D eigenvalue weighted by molar-refractivity contribution is 7.90. The summed E-state index contributed by atoms with van der Waals surface area (Å²) in [6, 6.07) is 7.85. The summed E-state index contributed by atoms with van der Waals surface area (Å²) in [6.45, 7) is 1.47. The van der Waals surface area contributed by atoms with Gasteiger partial charge < -0.3 is 10.6 Å². The average molecular weight is 270 g/mol. The van der Waals surface area contributed by atoms with Gasteiger partial charge in [0.25, 0.3) is 0 Å². The molecule has 0 spiro atoms. The quantitative estimate of drug-likeness (QED) is 0.756. The van der Waals surface area contributed by atoms with Crippen LogP contribution in [0.1, 0.15) is 12.0 Å². The van der Waals surface area contributed by atoms with Gasteiger partial charge in [-0.25, -0.2) is 8.42 Å². The van der Waals surface area contributed by atoms with Crippen LogP contribution in [-0.2, 0) is 16.3 Å². The Kier molecular flexibility index (Phi) is 5.62. The molecular formula is C13H22N2O2S. The van der Waals surface area contributed by atoms with Crippen LogP contribution >= 0.6 is 0 Å². The van der Waals surface area contributed by atoms with Crippen molar-refractivity contribution in [2.24, 2.45) is 0 Å². The molecule has 0 aliphatic heterocycles. The first-order valence-corrected chi connectivity index (χ1v) is 8.14. The van der Waals surface area contributed by atoms with E-state index in [9.17, 15) is 8.42 Å². The topological polar surface area (TPSA) is 63.4 Å². The minimum Gasteiger partial charge on any atom is -0.399 e. The van der Waals surface area contributed by atoms with Gasteiger partial charge in [0.1, 0.15) is 9.84 Å². The number of hydrogen-bond acceptors (Lipinski definition) is 4. The molecule has 5 heteroatoms. The molecule has 0 radical (unpaired) electrons. The molecule has 0 fully saturated rings. The molecule has 0 heterocycles. The zero-order chi connectivity index (χ0) is 13.6. The van der Waals surface area contributed by atoms with E-state index in [0.29, 0.717) is 6.54 Å². The van der Waals surface area contributed by atoms with E-state index in [2.05, 4.69) is 0 Å². The lowest BCUT2D eigenvalue weighted by molar-refractivity contribution is 0.348. The van der Waals surface area contributed by atoms with Crippen molar-refractivity contribution in [2.75, 3.05) is 37.9 Å². The molecule has 0 aliphatic rings. The molecular weight excluding hydrogens is 248 g/mol. The molecule has 1 rings (SSSR count). The number of benzene rings is 1. The van der Waals surface area contributed by atoms with Gasteiger partial charge in [-0.1, -0.05) is 18.2 Å². The number of nitrogens with two attached hydrogens (primary N) is 1. The van der Waals surface area contributed by atoms with Gasteiger partial charge in [0.15, 0.2) is 0 Å². The maximum Gasteiger partial charge on any atom is 0.148 e. The Balaban J connectivity index is 2.28. The number of aryl methyl sites for hydroxylation is 1. The average Bonchev–Trinajstić information content (AvgIpc) is 2.28. The fourth-order valence-corrected chi connectivity index (χ4v) is 2.38. The van der Waals surface area contributed by atoms with Gasteiger partial charge in [0.05, 0.1) is 5.75 Å². The van der Waals surface area contributed by atoms with Gasteiger partial charge >= 0.3 is 0 Å². The number of sulfone groups is 1. The maximum absolute atomic E-state index is 11.0. The highest BCUT2D eigenvalue weighted by Crippen LogP contribution is 2.12. The molecule has 0 amide bonds. The van der Waals surface area contributed by atoms with E-state index in [1.165, 1.54) is 6.26 Å². The lowest BCUT2D eigenvalue weighted by Crippen LogP contribution is -2.26. The molecule has 0 unspecified atom stereocenters. The molecule has 18 heavy (non-hydrogen) atoms. The summed E-state index contributed by atoms with van der Waals surface area (Å²) >= 11 is 0. The first-order chi connectivity index (χ1) is 8.38. The van der Waals surface area contributed by atoms with E-state index in [4.69, 9.17) is 5.73 Å². The number of nitrogens with zero attached hydrogens (tertiary/aromatic N) is 1. The zero-order valence-electron chi connectivity index (χ0n) is 11.1. The molecule has 0 saturated carbocycles. The smallest absolute Gasteiger partial charge is 0.148 e. The number of rotatable bonds is 7. The third-order valence-electron chi connectivity index (χ3n) is 2.88.